The summed E-state index contributed by atoms with van der Waals surface area (Å²) < 4.78 is 39.4. The van der Waals surface area contributed by atoms with Crippen LogP contribution in [0.15, 0.2) is 40.5 Å². The molecular weight excluding hydrogens is 449 g/mol. The summed E-state index contributed by atoms with van der Waals surface area (Å²) in [4.78, 5) is 21.9. The number of nitrogens with two attached hydrogens (primary N) is 1. The lowest BCUT2D eigenvalue weighted by atomic mass is 9.80. The van der Waals surface area contributed by atoms with Crippen LogP contribution in [-0.4, -0.2) is 47.1 Å². The SMILES string of the molecule is CN1N=Cc2cc3cnc(Nc4ccc(S(N)(=O)=O)cc4F)nc3n2C2(CCCCC2)C1=O. The third kappa shape index (κ3) is 3.55. The molecule has 1 aliphatic carbocycles. The smallest absolute Gasteiger partial charge is 0.268 e. The van der Waals surface area contributed by atoms with Crippen molar-refractivity contribution in [2.75, 3.05) is 12.4 Å². The first kappa shape index (κ1) is 21.5. The van der Waals surface area contributed by atoms with Crippen LogP contribution in [-0.2, 0) is 20.4 Å². The maximum absolute atomic E-state index is 14.5. The van der Waals surface area contributed by atoms with Crippen molar-refractivity contribution in [3.05, 3.63) is 42.0 Å². The summed E-state index contributed by atoms with van der Waals surface area (Å²) >= 11 is 0. The van der Waals surface area contributed by atoms with E-state index < -0.39 is 21.4 Å². The fourth-order valence-electron chi connectivity index (χ4n) is 4.68. The van der Waals surface area contributed by atoms with Gasteiger partial charge in [-0.05, 0) is 37.1 Å². The molecule has 3 N–H and O–H groups in total. The van der Waals surface area contributed by atoms with Crippen molar-refractivity contribution in [2.24, 2.45) is 10.2 Å². The molecule has 5 rings (SSSR count). The lowest BCUT2D eigenvalue weighted by Crippen LogP contribution is -2.48. The van der Waals surface area contributed by atoms with Crippen LogP contribution in [0.1, 0.15) is 37.8 Å². The van der Waals surface area contributed by atoms with E-state index >= 15 is 0 Å². The average Bonchev–Trinajstić information content (AvgIpc) is 3.12. The van der Waals surface area contributed by atoms with E-state index in [9.17, 15) is 17.6 Å². The Kier molecular flexibility index (Phi) is 4.94. The van der Waals surface area contributed by atoms with Crippen LogP contribution in [0.3, 0.4) is 0 Å². The second-order valence-electron chi connectivity index (χ2n) is 8.35. The first-order valence-corrected chi connectivity index (χ1v) is 12.0. The Labute approximate surface area is 189 Å². The average molecular weight is 472 g/mol. The predicted octanol–water partition coefficient (Wildman–Crippen LogP) is 2.43. The van der Waals surface area contributed by atoms with Crippen molar-refractivity contribution < 1.29 is 17.6 Å². The zero-order valence-corrected chi connectivity index (χ0v) is 18.6. The predicted molar refractivity (Wildman–Crippen MR) is 120 cm³/mol. The number of benzene rings is 1. The molecule has 0 radical (unpaired) electrons. The molecule has 2 aliphatic rings. The number of hydrogen-bond donors (Lipinski definition) is 2. The molecule has 1 spiro atoms. The number of aromatic nitrogens is 3. The van der Waals surface area contributed by atoms with Crippen LogP contribution in [0.25, 0.3) is 11.0 Å². The molecule has 1 fully saturated rings. The van der Waals surface area contributed by atoms with E-state index in [0.717, 1.165) is 36.4 Å². The van der Waals surface area contributed by atoms with E-state index in [4.69, 9.17) is 5.14 Å². The minimum Gasteiger partial charge on any atom is -0.322 e. The van der Waals surface area contributed by atoms with Crippen LogP contribution >= 0.6 is 0 Å². The van der Waals surface area contributed by atoms with Crippen molar-refractivity contribution in [2.45, 2.75) is 42.5 Å². The summed E-state index contributed by atoms with van der Waals surface area (Å²) in [5.74, 6) is -0.794. The normalized spacial score (nSPS) is 17.9. The van der Waals surface area contributed by atoms with Crippen LogP contribution < -0.4 is 10.5 Å². The van der Waals surface area contributed by atoms with Crippen molar-refractivity contribution in [1.29, 1.82) is 0 Å². The van der Waals surface area contributed by atoms with E-state index in [-0.39, 0.29) is 22.4 Å². The second-order valence-corrected chi connectivity index (χ2v) is 9.92. The summed E-state index contributed by atoms with van der Waals surface area (Å²) in [6.45, 7) is 0. The zero-order chi connectivity index (χ0) is 23.4. The number of hydrogen-bond acceptors (Lipinski definition) is 7. The van der Waals surface area contributed by atoms with E-state index in [1.54, 1.807) is 19.5 Å². The third-order valence-corrected chi connectivity index (χ3v) is 7.16. The Balaban J connectivity index is 1.60. The zero-order valence-electron chi connectivity index (χ0n) is 17.8. The fourth-order valence-corrected chi connectivity index (χ4v) is 5.20. The number of nitrogens with one attached hydrogen (secondary N) is 1. The lowest BCUT2D eigenvalue weighted by molar-refractivity contribution is -0.141. The Hall–Kier alpha value is -3.38. The number of carbonyl (C=O) groups is 1. The highest BCUT2D eigenvalue weighted by Gasteiger charge is 2.46. The Morgan fingerprint density at radius 3 is 2.64 bits per heavy atom. The monoisotopic (exact) mass is 471 g/mol. The number of anilines is 2. The van der Waals surface area contributed by atoms with Crippen LogP contribution in [0.4, 0.5) is 16.0 Å². The standard InChI is InChI=1S/C21H22FN7O3S/c1-28-19(30)21(7-3-2-4-8-21)29-14(12-25-28)9-13-11-24-20(27-18(13)29)26-17-6-5-15(10-16(17)22)33(23,31)32/h5-6,9-12H,2-4,7-8H2,1H3,(H2,23,31,32)(H,24,26,27). The molecule has 2 aromatic heterocycles. The van der Waals surface area contributed by atoms with Gasteiger partial charge in [-0.3, -0.25) is 4.79 Å². The van der Waals surface area contributed by atoms with Gasteiger partial charge in [-0.1, -0.05) is 19.3 Å². The van der Waals surface area contributed by atoms with Gasteiger partial charge in [0, 0.05) is 18.6 Å². The van der Waals surface area contributed by atoms with Crippen LogP contribution in [0, 0.1) is 5.82 Å². The van der Waals surface area contributed by atoms with Gasteiger partial charge in [-0.15, -0.1) is 0 Å². The molecule has 0 saturated heterocycles. The minimum atomic E-state index is -4.03. The van der Waals surface area contributed by atoms with Crippen molar-refractivity contribution >= 4 is 44.8 Å². The molecule has 33 heavy (non-hydrogen) atoms. The fraction of sp³-hybridized carbons (Fsp3) is 0.333. The lowest BCUT2D eigenvalue weighted by Gasteiger charge is -2.38. The maximum Gasteiger partial charge on any atom is 0.268 e. The molecule has 3 heterocycles. The highest BCUT2D eigenvalue weighted by Crippen LogP contribution is 2.41. The summed E-state index contributed by atoms with van der Waals surface area (Å²) in [5.41, 5.74) is 0.490. The number of halogens is 1. The maximum atomic E-state index is 14.5. The number of rotatable bonds is 3. The number of carbonyl (C=O) groups excluding carboxylic acids is 1. The topological polar surface area (TPSA) is 136 Å². The van der Waals surface area contributed by atoms with E-state index in [1.165, 1.54) is 17.1 Å². The number of sulfonamides is 1. The molecule has 12 heteroatoms. The Bertz CT molecular complexity index is 1410. The molecule has 1 saturated carbocycles. The number of fused-ring (bicyclic) bond motifs is 4. The molecule has 1 amide bonds. The first-order valence-electron chi connectivity index (χ1n) is 10.5. The highest BCUT2D eigenvalue weighted by atomic mass is 32.2. The number of likely N-dealkylation sites (N-methyl/N-ethyl adjacent to an activating group) is 1. The number of hydrazone groups is 1. The Morgan fingerprint density at radius 1 is 1.18 bits per heavy atom. The van der Waals surface area contributed by atoms with Gasteiger partial charge in [-0.25, -0.2) is 27.9 Å². The molecule has 1 aromatic carbocycles. The van der Waals surface area contributed by atoms with Gasteiger partial charge in [0.1, 0.15) is 17.0 Å². The molecular formula is C21H22FN7O3S. The molecule has 3 aromatic rings. The number of primary sulfonamides is 1. The van der Waals surface area contributed by atoms with Gasteiger partial charge >= 0.3 is 0 Å². The summed E-state index contributed by atoms with van der Waals surface area (Å²) in [7, 11) is -2.37. The summed E-state index contributed by atoms with van der Waals surface area (Å²) in [6, 6.07) is 5.17. The van der Waals surface area contributed by atoms with Gasteiger partial charge in [0.15, 0.2) is 0 Å². The molecule has 0 unspecified atom stereocenters. The van der Waals surface area contributed by atoms with Crippen LogP contribution in [0.5, 0.6) is 0 Å². The van der Waals surface area contributed by atoms with Crippen LogP contribution in [0.2, 0.25) is 0 Å². The quantitative estimate of drug-likeness (QED) is 0.602. The van der Waals surface area contributed by atoms with Gasteiger partial charge < -0.3 is 9.88 Å². The van der Waals surface area contributed by atoms with E-state index in [0.29, 0.717) is 18.5 Å². The van der Waals surface area contributed by atoms with Crippen molar-refractivity contribution in [3.8, 4) is 0 Å². The Morgan fingerprint density at radius 2 is 1.94 bits per heavy atom. The third-order valence-electron chi connectivity index (χ3n) is 6.25. The van der Waals surface area contributed by atoms with Gasteiger partial charge in [-0.2, -0.15) is 10.1 Å². The largest absolute Gasteiger partial charge is 0.322 e. The van der Waals surface area contributed by atoms with Gasteiger partial charge in [0.2, 0.25) is 16.0 Å². The molecule has 1 aliphatic heterocycles. The number of amides is 1. The highest BCUT2D eigenvalue weighted by molar-refractivity contribution is 7.89. The van der Waals surface area contributed by atoms with Crippen molar-refractivity contribution in [3.63, 3.8) is 0 Å². The van der Waals surface area contributed by atoms with E-state index in [2.05, 4.69) is 20.4 Å². The minimum absolute atomic E-state index is 0.00542. The van der Waals surface area contributed by atoms with Gasteiger partial charge in [0.05, 0.1) is 22.5 Å². The van der Waals surface area contributed by atoms with Crippen molar-refractivity contribution in [1.82, 2.24) is 19.5 Å². The molecule has 172 valence electrons. The molecule has 10 nitrogen and oxygen atoms in total. The summed E-state index contributed by atoms with van der Waals surface area (Å²) in [6.07, 6.45) is 7.47. The molecule has 0 atom stereocenters. The first-order chi connectivity index (χ1) is 15.7. The van der Waals surface area contributed by atoms with Gasteiger partial charge in [0.25, 0.3) is 5.91 Å². The van der Waals surface area contributed by atoms with E-state index in [1.807, 2.05) is 10.6 Å². The number of nitrogens with zero attached hydrogens (tertiary/aromatic N) is 5. The molecule has 0 bridgehead atoms. The second kappa shape index (κ2) is 7.59. The summed E-state index contributed by atoms with van der Waals surface area (Å²) in [5, 5.41) is 14.3.